The molecule has 1 aromatic rings. The molecule has 2 N–H and O–H groups in total. The molecule has 0 radical (unpaired) electrons. The number of ether oxygens (including phenoxy) is 1. The maximum absolute atomic E-state index is 11.6. The second kappa shape index (κ2) is 7.74. The Labute approximate surface area is 112 Å². The number of rotatable bonds is 6. The van der Waals surface area contributed by atoms with Gasteiger partial charge in [0.1, 0.15) is 5.82 Å². The number of nitrogens with one attached hydrogen (secondary N) is 1. The molecule has 19 heavy (non-hydrogen) atoms. The summed E-state index contributed by atoms with van der Waals surface area (Å²) < 4.78 is 30.3. The van der Waals surface area contributed by atoms with E-state index in [2.05, 4.69) is 21.5 Å². The van der Waals surface area contributed by atoms with E-state index in [-0.39, 0.29) is 24.8 Å². The fraction of sp³-hybridized carbons (Fsp3) is 0.417. The van der Waals surface area contributed by atoms with Crippen molar-refractivity contribution in [2.45, 2.75) is 6.42 Å². The van der Waals surface area contributed by atoms with Gasteiger partial charge in [0, 0.05) is 25.3 Å². The average molecular weight is 284 g/mol. The lowest BCUT2D eigenvalue weighted by atomic mass is 10.2. The van der Waals surface area contributed by atoms with Gasteiger partial charge in [0.25, 0.3) is 0 Å². The largest absolute Gasteiger partial charge is 0.395 e. The number of hydrogen-bond donors (Lipinski definition) is 2. The minimum atomic E-state index is -3.46. The van der Waals surface area contributed by atoms with E-state index in [0.29, 0.717) is 12.0 Å². The van der Waals surface area contributed by atoms with Crippen molar-refractivity contribution in [3.05, 3.63) is 23.9 Å². The molecule has 0 saturated heterocycles. The Kier molecular flexibility index (Phi) is 6.29. The van der Waals surface area contributed by atoms with Crippen LogP contribution in [0.4, 0.5) is 5.82 Å². The van der Waals surface area contributed by atoms with Crippen molar-refractivity contribution in [1.82, 2.24) is 4.98 Å². The Morgan fingerprint density at radius 1 is 1.53 bits per heavy atom. The third-order valence-electron chi connectivity index (χ3n) is 2.05. The second-order valence-electron chi connectivity index (χ2n) is 3.62. The number of aliphatic hydroxyl groups excluding tert-OH is 1. The van der Waals surface area contributed by atoms with Gasteiger partial charge in [-0.15, -0.1) is 0 Å². The summed E-state index contributed by atoms with van der Waals surface area (Å²) in [5, 5.41) is 8.62. The molecule has 1 heterocycles. The molecule has 7 heteroatoms. The van der Waals surface area contributed by atoms with Gasteiger partial charge >= 0.3 is 0 Å². The van der Waals surface area contributed by atoms with Gasteiger partial charge < -0.3 is 9.84 Å². The first-order chi connectivity index (χ1) is 9.07. The Bertz CT molecular complexity index is 561. The van der Waals surface area contributed by atoms with E-state index in [0.717, 1.165) is 0 Å². The molecule has 0 aliphatic heterocycles. The van der Waals surface area contributed by atoms with Crippen LogP contribution in [0.25, 0.3) is 0 Å². The highest BCUT2D eigenvalue weighted by Crippen LogP contribution is 2.08. The Morgan fingerprint density at radius 3 is 3.00 bits per heavy atom. The van der Waals surface area contributed by atoms with Gasteiger partial charge in [-0.3, -0.25) is 4.72 Å². The van der Waals surface area contributed by atoms with Crippen molar-refractivity contribution in [1.29, 1.82) is 0 Å². The summed E-state index contributed by atoms with van der Waals surface area (Å²) in [6.45, 7) is 0.111. The standard InChI is InChI=1S/C12H16N2O4S/c1-18-8-9-19(16,17)14-12-10-11(5-6-13-12)4-2-3-7-15/h5-6,10,15H,3,7-9H2,1H3,(H,13,14). The summed E-state index contributed by atoms with van der Waals surface area (Å²) >= 11 is 0. The maximum atomic E-state index is 11.6. The van der Waals surface area contributed by atoms with Crippen molar-refractivity contribution < 1.29 is 18.3 Å². The topological polar surface area (TPSA) is 88.5 Å². The van der Waals surface area contributed by atoms with Crippen LogP contribution in [0.1, 0.15) is 12.0 Å². The summed E-state index contributed by atoms with van der Waals surface area (Å²) in [6.07, 6.45) is 1.84. The smallest absolute Gasteiger partial charge is 0.236 e. The van der Waals surface area contributed by atoms with Crippen molar-refractivity contribution in [3.8, 4) is 11.8 Å². The van der Waals surface area contributed by atoms with Gasteiger partial charge in [-0.05, 0) is 12.1 Å². The summed E-state index contributed by atoms with van der Waals surface area (Å²) in [4.78, 5) is 3.91. The molecule has 104 valence electrons. The first-order valence-electron chi connectivity index (χ1n) is 5.62. The van der Waals surface area contributed by atoms with Crippen LogP contribution >= 0.6 is 0 Å². The fourth-order valence-electron chi connectivity index (χ4n) is 1.19. The van der Waals surface area contributed by atoms with Crippen LogP contribution in [0.15, 0.2) is 18.3 Å². The zero-order valence-corrected chi connectivity index (χ0v) is 11.4. The van der Waals surface area contributed by atoms with Gasteiger partial charge in [-0.2, -0.15) is 0 Å². The number of pyridine rings is 1. The Morgan fingerprint density at radius 2 is 2.32 bits per heavy atom. The molecule has 0 fully saturated rings. The normalized spacial score (nSPS) is 10.6. The molecular weight excluding hydrogens is 268 g/mol. The predicted molar refractivity (Wildman–Crippen MR) is 72.1 cm³/mol. The van der Waals surface area contributed by atoms with E-state index in [1.807, 2.05) is 0 Å². The lowest BCUT2D eigenvalue weighted by Crippen LogP contribution is -2.20. The molecule has 0 bridgehead atoms. The van der Waals surface area contributed by atoms with Gasteiger partial charge in [0.15, 0.2) is 0 Å². The minimum absolute atomic E-state index is 0.00537. The van der Waals surface area contributed by atoms with Crippen LogP contribution in [-0.4, -0.2) is 44.6 Å². The molecule has 0 atom stereocenters. The van der Waals surface area contributed by atoms with E-state index in [9.17, 15) is 8.42 Å². The van der Waals surface area contributed by atoms with Gasteiger partial charge in [0.2, 0.25) is 10.0 Å². The third kappa shape index (κ3) is 6.20. The minimum Gasteiger partial charge on any atom is -0.395 e. The van der Waals surface area contributed by atoms with Crippen LogP contribution in [0.3, 0.4) is 0 Å². The third-order valence-corrected chi connectivity index (χ3v) is 3.27. The van der Waals surface area contributed by atoms with Crippen molar-refractivity contribution in [2.75, 3.05) is 30.8 Å². The molecule has 1 rings (SSSR count). The highest BCUT2D eigenvalue weighted by atomic mass is 32.2. The number of nitrogens with zero attached hydrogens (tertiary/aromatic N) is 1. The molecule has 0 spiro atoms. The van der Waals surface area contributed by atoms with Crippen molar-refractivity contribution in [3.63, 3.8) is 0 Å². The van der Waals surface area contributed by atoms with E-state index < -0.39 is 10.0 Å². The lowest BCUT2D eigenvalue weighted by Gasteiger charge is -2.06. The van der Waals surface area contributed by atoms with Crippen LogP contribution < -0.4 is 4.72 Å². The molecule has 1 aromatic heterocycles. The number of aliphatic hydroxyl groups is 1. The summed E-state index contributed by atoms with van der Waals surface area (Å²) in [5.41, 5.74) is 0.632. The van der Waals surface area contributed by atoms with Crippen molar-refractivity contribution >= 4 is 15.8 Å². The molecule has 0 unspecified atom stereocenters. The van der Waals surface area contributed by atoms with Crippen LogP contribution in [0.5, 0.6) is 0 Å². The summed E-state index contributed by atoms with van der Waals surface area (Å²) in [7, 11) is -2.03. The molecule has 0 amide bonds. The number of anilines is 1. The molecule has 0 aromatic carbocycles. The first kappa shape index (κ1) is 15.4. The summed E-state index contributed by atoms with van der Waals surface area (Å²) in [5.74, 6) is 5.64. The van der Waals surface area contributed by atoms with Crippen LogP contribution in [0.2, 0.25) is 0 Å². The zero-order chi connectivity index (χ0) is 14.1. The van der Waals surface area contributed by atoms with E-state index in [4.69, 9.17) is 9.84 Å². The van der Waals surface area contributed by atoms with E-state index in [1.54, 1.807) is 6.07 Å². The first-order valence-corrected chi connectivity index (χ1v) is 7.28. The lowest BCUT2D eigenvalue weighted by molar-refractivity contribution is 0.217. The maximum Gasteiger partial charge on any atom is 0.236 e. The Hall–Kier alpha value is -1.62. The van der Waals surface area contributed by atoms with Gasteiger partial charge in [-0.1, -0.05) is 11.8 Å². The summed E-state index contributed by atoms with van der Waals surface area (Å²) in [6, 6.07) is 3.20. The number of aromatic nitrogens is 1. The average Bonchev–Trinajstić information content (AvgIpc) is 2.37. The molecule has 6 nitrogen and oxygen atoms in total. The Balaban J connectivity index is 2.75. The highest BCUT2D eigenvalue weighted by molar-refractivity contribution is 7.92. The zero-order valence-electron chi connectivity index (χ0n) is 10.6. The number of sulfonamides is 1. The van der Waals surface area contributed by atoms with Gasteiger partial charge in [-0.25, -0.2) is 13.4 Å². The number of hydrogen-bond acceptors (Lipinski definition) is 5. The predicted octanol–water partition coefficient (Wildman–Crippen LogP) is 0.204. The fourth-order valence-corrected chi connectivity index (χ4v) is 2.11. The quantitative estimate of drug-likeness (QED) is 0.729. The molecule has 0 saturated carbocycles. The van der Waals surface area contributed by atoms with Crippen LogP contribution in [-0.2, 0) is 14.8 Å². The van der Waals surface area contributed by atoms with E-state index >= 15 is 0 Å². The second-order valence-corrected chi connectivity index (χ2v) is 5.46. The SMILES string of the molecule is COCCS(=O)(=O)Nc1cc(C#CCCO)ccn1. The van der Waals surface area contributed by atoms with E-state index in [1.165, 1.54) is 19.4 Å². The number of methoxy groups -OCH3 is 1. The highest BCUT2D eigenvalue weighted by Gasteiger charge is 2.10. The van der Waals surface area contributed by atoms with Gasteiger partial charge in [0.05, 0.1) is 19.0 Å². The monoisotopic (exact) mass is 284 g/mol. The van der Waals surface area contributed by atoms with Crippen molar-refractivity contribution in [2.24, 2.45) is 0 Å². The molecule has 0 aliphatic carbocycles. The molecule has 0 aliphatic rings. The van der Waals surface area contributed by atoms with Crippen LogP contribution in [0, 0.1) is 11.8 Å². The molecular formula is C12H16N2O4S.